The van der Waals surface area contributed by atoms with Gasteiger partial charge in [0, 0.05) is 17.4 Å². The Balaban J connectivity index is 1.98. The van der Waals surface area contributed by atoms with Crippen LogP contribution < -0.4 is 0 Å². The van der Waals surface area contributed by atoms with E-state index >= 15 is 0 Å². The summed E-state index contributed by atoms with van der Waals surface area (Å²) in [6.07, 6.45) is 3.51. The summed E-state index contributed by atoms with van der Waals surface area (Å²) in [4.78, 5) is 4.59. The van der Waals surface area contributed by atoms with E-state index in [9.17, 15) is 5.11 Å². The van der Waals surface area contributed by atoms with Gasteiger partial charge in [-0.1, -0.05) is 50.1 Å². The molecule has 18 heavy (non-hydrogen) atoms. The summed E-state index contributed by atoms with van der Waals surface area (Å²) in [6.45, 7) is 2.14. The Morgan fingerprint density at radius 1 is 1.28 bits per heavy atom. The van der Waals surface area contributed by atoms with Gasteiger partial charge in [-0.05, 0) is 6.42 Å². The first-order chi connectivity index (χ1) is 8.79. The lowest BCUT2D eigenvalue weighted by molar-refractivity contribution is 0.161. The molecule has 2 nitrogen and oxygen atoms in total. The van der Waals surface area contributed by atoms with Gasteiger partial charge in [-0.25, -0.2) is 4.98 Å². The number of aliphatic hydroxyl groups is 1. The number of hydrogen-bond acceptors (Lipinski definition) is 3. The molecule has 0 saturated carbocycles. The summed E-state index contributed by atoms with van der Waals surface area (Å²) in [6, 6.07) is 10.2. The fraction of sp³-hybridized carbons (Fsp3) is 0.400. The average Bonchev–Trinajstić information content (AvgIpc) is 2.86. The zero-order chi connectivity index (χ0) is 12.8. The lowest BCUT2D eigenvalue weighted by atomic mass is 10.1. The van der Waals surface area contributed by atoms with Crippen molar-refractivity contribution in [3.8, 4) is 11.3 Å². The first-order valence-electron chi connectivity index (χ1n) is 6.47. The molecule has 1 unspecified atom stereocenters. The second-order valence-corrected chi connectivity index (χ2v) is 5.44. The van der Waals surface area contributed by atoms with Crippen molar-refractivity contribution in [2.45, 2.75) is 38.7 Å². The molecule has 1 N–H and O–H groups in total. The third kappa shape index (κ3) is 3.65. The first-order valence-corrected chi connectivity index (χ1v) is 7.35. The standard InChI is InChI=1S/C15H19NOS/c1-2-3-9-13(17)10-15-16-14(11-18-15)12-7-5-4-6-8-12/h4-8,11,13,17H,2-3,9-10H2,1H3. The topological polar surface area (TPSA) is 33.1 Å². The van der Waals surface area contributed by atoms with Gasteiger partial charge in [0.25, 0.3) is 0 Å². The summed E-state index contributed by atoms with van der Waals surface area (Å²) in [5.41, 5.74) is 2.15. The van der Waals surface area contributed by atoms with E-state index in [1.807, 2.05) is 18.2 Å². The van der Waals surface area contributed by atoms with Crippen LogP contribution in [-0.4, -0.2) is 16.2 Å². The Labute approximate surface area is 112 Å². The molecular weight excluding hydrogens is 242 g/mol. The molecule has 0 saturated heterocycles. The van der Waals surface area contributed by atoms with Crippen molar-refractivity contribution in [3.63, 3.8) is 0 Å². The molecule has 1 aromatic carbocycles. The molecule has 0 spiro atoms. The second kappa shape index (κ2) is 6.66. The van der Waals surface area contributed by atoms with E-state index in [0.717, 1.165) is 35.5 Å². The molecule has 3 heteroatoms. The highest BCUT2D eigenvalue weighted by Crippen LogP contribution is 2.22. The second-order valence-electron chi connectivity index (χ2n) is 4.49. The molecule has 0 aliphatic heterocycles. The van der Waals surface area contributed by atoms with E-state index < -0.39 is 0 Å². The number of rotatable bonds is 6. The van der Waals surface area contributed by atoms with Crippen LogP contribution in [0.1, 0.15) is 31.2 Å². The van der Waals surface area contributed by atoms with Crippen LogP contribution in [0.4, 0.5) is 0 Å². The van der Waals surface area contributed by atoms with E-state index in [1.165, 1.54) is 0 Å². The summed E-state index contributed by atoms with van der Waals surface area (Å²) in [5.74, 6) is 0. The van der Waals surface area contributed by atoms with Gasteiger partial charge in [0.1, 0.15) is 0 Å². The van der Waals surface area contributed by atoms with Crippen molar-refractivity contribution in [1.29, 1.82) is 0 Å². The van der Waals surface area contributed by atoms with Gasteiger partial charge in [0.05, 0.1) is 16.8 Å². The van der Waals surface area contributed by atoms with Crippen molar-refractivity contribution >= 4 is 11.3 Å². The van der Waals surface area contributed by atoms with Gasteiger partial charge in [0.2, 0.25) is 0 Å². The third-order valence-corrected chi connectivity index (χ3v) is 3.79. The predicted octanol–water partition coefficient (Wildman–Crippen LogP) is 3.90. The number of aromatic nitrogens is 1. The Morgan fingerprint density at radius 2 is 2.06 bits per heavy atom. The molecular formula is C15H19NOS. The van der Waals surface area contributed by atoms with Gasteiger partial charge >= 0.3 is 0 Å². The maximum Gasteiger partial charge on any atom is 0.0958 e. The number of benzene rings is 1. The number of nitrogens with zero attached hydrogens (tertiary/aromatic N) is 1. The fourth-order valence-corrected chi connectivity index (χ4v) is 2.77. The van der Waals surface area contributed by atoms with Crippen molar-refractivity contribution < 1.29 is 5.11 Å². The van der Waals surface area contributed by atoms with E-state index in [0.29, 0.717) is 6.42 Å². The van der Waals surface area contributed by atoms with Crippen molar-refractivity contribution in [3.05, 3.63) is 40.7 Å². The highest BCUT2D eigenvalue weighted by atomic mass is 32.1. The first kappa shape index (κ1) is 13.2. The van der Waals surface area contributed by atoms with E-state index in [-0.39, 0.29) is 6.10 Å². The van der Waals surface area contributed by atoms with E-state index in [1.54, 1.807) is 11.3 Å². The quantitative estimate of drug-likeness (QED) is 0.855. The molecule has 2 aromatic rings. The molecule has 0 radical (unpaired) electrons. The Morgan fingerprint density at radius 3 is 2.78 bits per heavy atom. The minimum Gasteiger partial charge on any atom is -0.393 e. The number of hydrogen-bond donors (Lipinski definition) is 1. The normalized spacial score (nSPS) is 12.6. The molecule has 0 fully saturated rings. The fourth-order valence-electron chi connectivity index (χ4n) is 1.89. The van der Waals surface area contributed by atoms with Gasteiger partial charge in [-0.2, -0.15) is 0 Å². The summed E-state index contributed by atoms with van der Waals surface area (Å²) in [5, 5.41) is 13.0. The Kier molecular flexibility index (Phi) is 4.90. The lowest BCUT2D eigenvalue weighted by Gasteiger charge is -2.06. The SMILES string of the molecule is CCCCC(O)Cc1nc(-c2ccccc2)cs1. The maximum atomic E-state index is 9.88. The zero-order valence-electron chi connectivity index (χ0n) is 10.7. The lowest BCUT2D eigenvalue weighted by Crippen LogP contribution is -2.09. The smallest absolute Gasteiger partial charge is 0.0958 e. The summed E-state index contributed by atoms with van der Waals surface area (Å²) < 4.78 is 0. The molecule has 96 valence electrons. The highest BCUT2D eigenvalue weighted by molar-refractivity contribution is 7.09. The molecule has 0 aliphatic rings. The van der Waals surface area contributed by atoms with Crippen molar-refractivity contribution in [2.24, 2.45) is 0 Å². The molecule has 0 bridgehead atoms. The van der Waals surface area contributed by atoms with Crippen LogP contribution in [0.15, 0.2) is 35.7 Å². The molecule has 1 aromatic heterocycles. The summed E-state index contributed by atoms with van der Waals surface area (Å²) in [7, 11) is 0. The number of unbranched alkanes of at least 4 members (excludes halogenated alkanes) is 1. The number of thiazole rings is 1. The minimum atomic E-state index is -0.250. The third-order valence-electron chi connectivity index (χ3n) is 2.92. The number of aliphatic hydroxyl groups excluding tert-OH is 1. The van der Waals surface area contributed by atoms with Crippen molar-refractivity contribution in [2.75, 3.05) is 0 Å². The van der Waals surface area contributed by atoms with Crippen LogP contribution in [0.3, 0.4) is 0 Å². The van der Waals surface area contributed by atoms with Crippen LogP contribution in [-0.2, 0) is 6.42 Å². The predicted molar refractivity (Wildman–Crippen MR) is 76.8 cm³/mol. The Bertz CT molecular complexity index is 466. The zero-order valence-corrected chi connectivity index (χ0v) is 11.5. The minimum absolute atomic E-state index is 0.250. The van der Waals surface area contributed by atoms with Crippen LogP contribution in [0.5, 0.6) is 0 Å². The van der Waals surface area contributed by atoms with Crippen molar-refractivity contribution in [1.82, 2.24) is 4.98 Å². The molecule has 1 atom stereocenters. The van der Waals surface area contributed by atoms with Gasteiger partial charge < -0.3 is 5.11 Å². The molecule has 2 rings (SSSR count). The van der Waals surface area contributed by atoms with Gasteiger partial charge in [-0.15, -0.1) is 11.3 Å². The van der Waals surface area contributed by atoms with Gasteiger partial charge in [0.15, 0.2) is 0 Å². The molecule has 0 amide bonds. The molecule has 1 heterocycles. The van der Waals surface area contributed by atoms with Crippen LogP contribution in [0, 0.1) is 0 Å². The highest BCUT2D eigenvalue weighted by Gasteiger charge is 2.09. The Hall–Kier alpha value is -1.19. The molecule has 0 aliphatic carbocycles. The largest absolute Gasteiger partial charge is 0.393 e. The van der Waals surface area contributed by atoms with Crippen LogP contribution in [0.2, 0.25) is 0 Å². The van der Waals surface area contributed by atoms with Crippen LogP contribution >= 0.6 is 11.3 Å². The summed E-state index contributed by atoms with van der Waals surface area (Å²) >= 11 is 1.64. The van der Waals surface area contributed by atoms with Crippen LogP contribution in [0.25, 0.3) is 11.3 Å². The van der Waals surface area contributed by atoms with E-state index in [2.05, 4.69) is 29.4 Å². The van der Waals surface area contributed by atoms with E-state index in [4.69, 9.17) is 0 Å². The average molecular weight is 261 g/mol. The monoisotopic (exact) mass is 261 g/mol. The maximum absolute atomic E-state index is 9.88. The van der Waals surface area contributed by atoms with Gasteiger partial charge in [-0.3, -0.25) is 0 Å².